The molecule has 2 heteroatoms. The Hall–Kier alpha value is -0.810. The maximum atomic E-state index is 11.0. The number of hydrogen-bond acceptors (Lipinski definition) is 2. The summed E-state index contributed by atoms with van der Waals surface area (Å²) in [6.07, 6.45) is 0.273. The molecule has 0 radical (unpaired) electrons. The Balaban J connectivity index is 3.96. The smallest absolute Gasteiger partial charge is 0.161 e. The summed E-state index contributed by atoms with van der Waals surface area (Å²) in [5.41, 5.74) is 5.34. The van der Waals surface area contributed by atoms with Crippen molar-refractivity contribution >= 4 is 5.78 Å². The molecule has 0 heterocycles. The number of carbonyl (C=O) groups is 1. The van der Waals surface area contributed by atoms with Gasteiger partial charge in [0.05, 0.1) is 12.5 Å². The predicted octanol–water partition coefficient (Wildman–Crippen LogP) is 1.34. The first-order chi connectivity index (χ1) is 5.33. The molecular weight excluding hydrogens is 150 g/mol. The van der Waals surface area contributed by atoms with Gasteiger partial charge in [0.2, 0.25) is 0 Å². The molecule has 0 aliphatic carbocycles. The quantitative estimate of drug-likeness (QED) is 0.631. The molecule has 0 fully saturated rings. The van der Waals surface area contributed by atoms with Crippen LogP contribution in [0.15, 0.2) is 0 Å². The topological polar surface area (TPSA) is 43.1 Å². The van der Waals surface area contributed by atoms with Gasteiger partial charge in [-0.1, -0.05) is 11.8 Å². The zero-order valence-corrected chi connectivity index (χ0v) is 8.27. The first-order valence-electron chi connectivity index (χ1n) is 4.11. The Morgan fingerprint density at radius 3 is 2.33 bits per heavy atom. The second-order valence-corrected chi connectivity index (χ2v) is 3.98. The van der Waals surface area contributed by atoms with Gasteiger partial charge in [-0.05, 0) is 27.7 Å². The minimum absolute atomic E-state index is 0.00625. The second-order valence-electron chi connectivity index (χ2n) is 3.98. The van der Waals surface area contributed by atoms with Crippen LogP contribution < -0.4 is 5.73 Å². The largest absolute Gasteiger partial charge is 0.322 e. The fourth-order valence-electron chi connectivity index (χ4n) is 0.557. The van der Waals surface area contributed by atoms with Crippen molar-refractivity contribution in [1.82, 2.24) is 0 Å². The summed E-state index contributed by atoms with van der Waals surface area (Å²) < 4.78 is 0. The van der Waals surface area contributed by atoms with Crippen molar-refractivity contribution in [2.24, 2.45) is 11.1 Å². The molecule has 0 spiro atoms. The lowest BCUT2D eigenvalue weighted by molar-refractivity contribution is -0.118. The predicted molar refractivity (Wildman–Crippen MR) is 50.5 cm³/mol. The average molecular weight is 167 g/mol. The first kappa shape index (κ1) is 11.2. The Bertz CT molecular complexity index is 212. The van der Waals surface area contributed by atoms with Crippen LogP contribution in [-0.2, 0) is 4.79 Å². The van der Waals surface area contributed by atoms with E-state index in [4.69, 9.17) is 5.73 Å². The SMILES string of the molecule is CC(N)C(=O)CC#CC(C)(C)C. The summed E-state index contributed by atoms with van der Waals surface area (Å²) in [6, 6.07) is -0.390. The zero-order chi connectivity index (χ0) is 9.78. The molecule has 0 bridgehead atoms. The maximum absolute atomic E-state index is 11.0. The van der Waals surface area contributed by atoms with Crippen LogP contribution in [-0.4, -0.2) is 11.8 Å². The van der Waals surface area contributed by atoms with Crippen molar-refractivity contribution in [3.63, 3.8) is 0 Å². The second kappa shape index (κ2) is 4.27. The Morgan fingerprint density at radius 1 is 1.50 bits per heavy atom. The van der Waals surface area contributed by atoms with Gasteiger partial charge < -0.3 is 5.73 Å². The number of carbonyl (C=O) groups excluding carboxylic acids is 1. The number of ketones is 1. The molecule has 0 aromatic rings. The van der Waals surface area contributed by atoms with Crippen LogP contribution in [0.2, 0.25) is 0 Å². The van der Waals surface area contributed by atoms with Crippen molar-refractivity contribution in [3.05, 3.63) is 0 Å². The minimum Gasteiger partial charge on any atom is -0.322 e. The Kier molecular flexibility index (Phi) is 3.99. The van der Waals surface area contributed by atoms with Gasteiger partial charge >= 0.3 is 0 Å². The molecule has 12 heavy (non-hydrogen) atoms. The lowest BCUT2D eigenvalue weighted by Gasteiger charge is -2.06. The highest BCUT2D eigenvalue weighted by Crippen LogP contribution is 2.09. The third-order valence-corrected chi connectivity index (χ3v) is 1.23. The number of Topliss-reactive ketones (excluding diaryl/α,β-unsaturated/α-hetero) is 1. The lowest BCUT2D eigenvalue weighted by atomic mass is 9.97. The summed E-state index contributed by atoms with van der Waals surface area (Å²) in [5, 5.41) is 0. The molecule has 1 atom stereocenters. The van der Waals surface area contributed by atoms with E-state index in [0.717, 1.165) is 0 Å². The molecule has 0 amide bonds. The van der Waals surface area contributed by atoms with E-state index >= 15 is 0 Å². The molecule has 0 saturated heterocycles. The van der Waals surface area contributed by atoms with Gasteiger partial charge in [0.25, 0.3) is 0 Å². The van der Waals surface area contributed by atoms with Gasteiger partial charge in [0, 0.05) is 5.41 Å². The van der Waals surface area contributed by atoms with E-state index in [-0.39, 0.29) is 23.7 Å². The van der Waals surface area contributed by atoms with Crippen LogP contribution in [0.4, 0.5) is 0 Å². The molecule has 2 N–H and O–H groups in total. The summed E-state index contributed by atoms with van der Waals surface area (Å²) in [4.78, 5) is 11.0. The fraction of sp³-hybridized carbons (Fsp3) is 0.700. The molecule has 1 unspecified atom stereocenters. The van der Waals surface area contributed by atoms with Crippen molar-refractivity contribution in [3.8, 4) is 11.8 Å². The number of hydrogen-bond donors (Lipinski definition) is 1. The van der Waals surface area contributed by atoms with Crippen LogP contribution in [0.25, 0.3) is 0 Å². The van der Waals surface area contributed by atoms with Crippen LogP contribution >= 0.6 is 0 Å². The number of nitrogens with two attached hydrogens (primary N) is 1. The monoisotopic (exact) mass is 167 g/mol. The van der Waals surface area contributed by atoms with Crippen LogP contribution in [0.3, 0.4) is 0 Å². The van der Waals surface area contributed by atoms with E-state index in [2.05, 4.69) is 11.8 Å². The maximum Gasteiger partial charge on any atom is 0.161 e. The third-order valence-electron chi connectivity index (χ3n) is 1.23. The zero-order valence-electron chi connectivity index (χ0n) is 8.27. The third kappa shape index (κ3) is 5.94. The molecule has 2 nitrogen and oxygen atoms in total. The van der Waals surface area contributed by atoms with E-state index in [1.54, 1.807) is 6.92 Å². The van der Waals surface area contributed by atoms with E-state index in [9.17, 15) is 4.79 Å². The molecule has 0 aromatic heterocycles. The summed E-state index contributed by atoms with van der Waals surface area (Å²) in [5.74, 6) is 5.81. The molecule has 0 saturated carbocycles. The molecule has 68 valence electrons. The van der Waals surface area contributed by atoms with Gasteiger partial charge in [0.1, 0.15) is 0 Å². The summed E-state index contributed by atoms with van der Waals surface area (Å²) in [7, 11) is 0. The average Bonchev–Trinajstić information content (AvgIpc) is 1.84. The van der Waals surface area contributed by atoms with Crippen molar-refractivity contribution in [1.29, 1.82) is 0 Å². The Morgan fingerprint density at radius 2 is 2.00 bits per heavy atom. The van der Waals surface area contributed by atoms with E-state index in [1.165, 1.54) is 0 Å². The highest BCUT2D eigenvalue weighted by atomic mass is 16.1. The van der Waals surface area contributed by atoms with E-state index in [1.807, 2.05) is 20.8 Å². The van der Waals surface area contributed by atoms with Crippen molar-refractivity contribution < 1.29 is 4.79 Å². The lowest BCUT2D eigenvalue weighted by Crippen LogP contribution is -2.25. The van der Waals surface area contributed by atoms with E-state index < -0.39 is 0 Å². The molecule has 0 rings (SSSR count). The first-order valence-corrected chi connectivity index (χ1v) is 4.11. The standard InChI is InChI=1S/C10H17NO/c1-8(11)9(12)6-5-7-10(2,3)4/h8H,6,11H2,1-4H3. The van der Waals surface area contributed by atoms with Crippen LogP contribution in [0.5, 0.6) is 0 Å². The Labute approximate surface area is 74.5 Å². The van der Waals surface area contributed by atoms with Gasteiger partial charge in [-0.15, -0.1) is 0 Å². The van der Waals surface area contributed by atoms with Crippen LogP contribution in [0.1, 0.15) is 34.1 Å². The van der Waals surface area contributed by atoms with Crippen LogP contribution in [0, 0.1) is 17.3 Å². The number of rotatable bonds is 2. The summed E-state index contributed by atoms with van der Waals surface area (Å²) >= 11 is 0. The molecule has 0 aliphatic heterocycles. The molecule has 0 aromatic carbocycles. The minimum atomic E-state index is -0.390. The highest BCUT2D eigenvalue weighted by Gasteiger charge is 2.06. The fourth-order valence-corrected chi connectivity index (χ4v) is 0.557. The van der Waals surface area contributed by atoms with Gasteiger partial charge in [0.15, 0.2) is 5.78 Å². The highest BCUT2D eigenvalue weighted by molar-refractivity contribution is 5.85. The van der Waals surface area contributed by atoms with Gasteiger partial charge in [-0.3, -0.25) is 4.79 Å². The molecular formula is C10H17NO. The van der Waals surface area contributed by atoms with Crippen molar-refractivity contribution in [2.75, 3.05) is 0 Å². The normalized spacial score (nSPS) is 13.1. The van der Waals surface area contributed by atoms with Gasteiger partial charge in [-0.2, -0.15) is 0 Å². The molecule has 0 aliphatic rings. The van der Waals surface area contributed by atoms with E-state index in [0.29, 0.717) is 0 Å². The van der Waals surface area contributed by atoms with Gasteiger partial charge in [-0.25, -0.2) is 0 Å². The summed E-state index contributed by atoms with van der Waals surface area (Å²) in [6.45, 7) is 7.71. The van der Waals surface area contributed by atoms with Crippen molar-refractivity contribution in [2.45, 2.75) is 40.2 Å².